The number of aryl methyl sites for hydroxylation is 1. The fourth-order valence-corrected chi connectivity index (χ4v) is 1.62. The lowest BCUT2D eigenvalue weighted by atomic mass is 10.1. The van der Waals surface area contributed by atoms with Crippen LogP contribution in [-0.2, 0) is 6.42 Å². The molecule has 2 nitrogen and oxygen atoms in total. The molecule has 0 spiro atoms. The highest BCUT2D eigenvalue weighted by Gasteiger charge is 2.05. The van der Waals surface area contributed by atoms with E-state index in [0.29, 0.717) is 11.3 Å². The summed E-state index contributed by atoms with van der Waals surface area (Å²) in [5, 5.41) is 9.95. The fraction of sp³-hybridized carbons (Fsp3) is 0.333. The lowest BCUT2D eigenvalue weighted by Gasteiger charge is -2.04. The molecule has 0 aliphatic carbocycles. The maximum atomic E-state index is 8.98. The van der Waals surface area contributed by atoms with Gasteiger partial charge in [-0.2, -0.15) is 5.26 Å². The molecular weight excluding hydrogens is 252 g/mol. The number of nitrogens with zero attached hydrogens (tertiary/aromatic N) is 2. The molecule has 3 heteroatoms. The van der Waals surface area contributed by atoms with Crippen molar-refractivity contribution in [3.05, 3.63) is 35.7 Å². The van der Waals surface area contributed by atoms with E-state index >= 15 is 0 Å². The van der Waals surface area contributed by atoms with Crippen molar-refractivity contribution in [2.45, 2.75) is 19.8 Å². The highest BCUT2D eigenvalue weighted by molar-refractivity contribution is 9.09. The fourth-order valence-electron chi connectivity index (χ4n) is 1.34. The lowest BCUT2D eigenvalue weighted by Crippen LogP contribution is -1.95. The highest BCUT2D eigenvalue weighted by atomic mass is 79.9. The molecule has 0 aliphatic heterocycles. The van der Waals surface area contributed by atoms with Gasteiger partial charge >= 0.3 is 0 Å². The molecule has 0 saturated carbocycles. The molecule has 0 atom stereocenters. The summed E-state index contributed by atoms with van der Waals surface area (Å²) in [4.78, 5) is 4.26. The van der Waals surface area contributed by atoms with E-state index in [4.69, 9.17) is 5.26 Å². The van der Waals surface area contributed by atoms with Gasteiger partial charge in [0.1, 0.15) is 6.07 Å². The molecule has 1 aromatic rings. The minimum Gasteiger partial charge on any atom is -0.255 e. The third kappa shape index (κ3) is 3.17. The molecule has 0 unspecified atom stereocenters. The van der Waals surface area contributed by atoms with Crippen molar-refractivity contribution in [3.8, 4) is 6.07 Å². The zero-order valence-electron chi connectivity index (χ0n) is 8.76. The number of alkyl halides is 1. The van der Waals surface area contributed by atoms with E-state index in [0.717, 1.165) is 29.3 Å². The first kappa shape index (κ1) is 11.9. The van der Waals surface area contributed by atoms with Crippen LogP contribution >= 0.6 is 15.9 Å². The standard InChI is InChI=1S/C12H13BrN2/c1-9(2)12-11(7-14)6-10(8-15-12)4-3-5-13/h6,8H,1,3-5H2,2H3. The summed E-state index contributed by atoms with van der Waals surface area (Å²) in [6.45, 7) is 5.67. The van der Waals surface area contributed by atoms with Gasteiger partial charge in [-0.15, -0.1) is 0 Å². The topological polar surface area (TPSA) is 36.7 Å². The quantitative estimate of drug-likeness (QED) is 0.783. The molecule has 0 bridgehead atoms. The molecule has 0 N–H and O–H groups in total. The maximum Gasteiger partial charge on any atom is 0.101 e. The third-order valence-corrected chi connectivity index (χ3v) is 2.63. The van der Waals surface area contributed by atoms with Crippen molar-refractivity contribution in [2.24, 2.45) is 0 Å². The Labute approximate surface area is 98.8 Å². The van der Waals surface area contributed by atoms with Crippen molar-refractivity contribution in [3.63, 3.8) is 0 Å². The smallest absolute Gasteiger partial charge is 0.101 e. The summed E-state index contributed by atoms with van der Waals surface area (Å²) in [6, 6.07) is 4.06. The Balaban J connectivity index is 2.98. The predicted molar refractivity (Wildman–Crippen MR) is 65.8 cm³/mol. The van der Waals surface area contributed by atoms with Crippen LogP contribution in [0, 0.1) is 11.3 Å². The Kier molecular flexibility index (Phi) is 4.51. The molecule has 15 heavy (non-hydrogen) atoms. The number of aromatic nitrogens is 1. The van der Waals surface area contributed by atoms with Gasteiger partial charge in [-0.25, -0.2) is 0 Å². The van der Waals surface area contributed by atoms with E-state index in [-0.39, 0.29) is 0 Å². The number of hydrogen-bond donors (Lipinski definition) is 0. The zero-order valence-corrected chi connectivity index (χ0v) is 10.3. The number of allylic oxidation sites excluding steroid dienone is 1. The van der Waals surface area contributed by atoms with Gasteiger partial charge < -0.3 is 0 Å². The van der Waals surface area contributed by atoms with Gasteiger partial charge in [-0.05, 0) is 37.0 Å². The van der Waals surface area contributed by atoms with Gasteiger partial charge in [0, 0.05) is 11.5 Å². The monoisotopic (exact) mass is 264 g/mol. The predicted octanol–water partition coefficient (Wildman–Crippen LogP) is 3.31. The third-order valence-electron chi connectivity index (χ3n) is 2.07. The Bertz CT molecular complexity index is 405. The number of rotatable bonds is 4. The summed E-state index contributed by atoms with van der Waals surface area (Å²) < 4.78 is 0. The molecule has 0 fully saturated rings. The molecule has 0 saturated heterocycles. The summed E-state index contributed by atoms with van der Waals surface area (Å²) in [5.41, 5.74) is 3.27. The first-order chi connectivity index (χ1) is 7.19. The summed E-state index contributed by atoms with van der Waals surface area (Å²) in [7, 11) is 0. The molecule has 78 valence electrons. The zero-order chi connectivity index (χ0) is 11.3. The molecule has 0 aromatic carbocycles. The average Bonchev–Trinajstić information content (AvgIpc) is 2.25. The molecule has 0 aliphatic rings. The molecule has 1 rings (SSSR count). The number of pyridine rings is 1. The van der Waals surface area contributed by atoms with E-state index in [9.17, 15) is 0 Å². The van der Waals surface area contributed by atoms with Crippen molar-refractivity contribution in [2.75, 3.05) is 5.33 Å². The Hall–Kier alpha value is -1.14. The summed E-state index contributed by atoms with van der Waals surface area (Å²) in [5.74, 6) is 0. The van der Waals surface area contributed by atoms with Crippen LogP contribution in [-0.4, -0.2) is 10.3 Å². The van der Waals surface area contributed by atoms with Crippen LogP contribution in [0.1, 0.15) is 30.2 Å². The van der Waals surface area contributed by atoms with E-state index < -0.39 is 0 Å². The first-order valence-corrected chi connectivity index (χ1v) is 5.92. The van der Waals surface area contributed by atoms with Crippen molar-refractivity contribution >= 4 is 21.5 Å². The van der Waals surface area contributed by atoms with Crippen molar-refractivity contribution < 1.29 is 0 Å². The number of nitriles is 1. The van der Waals surface area contributed by atoms with Gasteiger partial charge in [0.05, 0.1) is 11.3 Å². The Morgan fingerprint density at radius 2 is 2.40 bits per heavy atom. The van der Waals surface area contributed by atoms with Crippen LogP contribution in [0.3, 0.4) is 0 Å². The Morgan fingerprint density at radius 1 is 1.67 bits per heavy atom. The minimum atomic E-state index is 0.620. The maximum absolute atomic E-state index is 8.98. The average molecular weight is 265 g/mol. The van der Waals surface area contributed by atoms with Crippen molar-refractivity contribution in [1.29, 1.82) is 5.26 Å². The van der Waals surface area contributed by atoms with Gasteiger partial charge in [-0.1, -0.05) is 22.5 Å². The van der Waals surface area contributed by atoms with Gasteiger partial charge in [0.15, 0.2) is 0 Å². The van der Waals surface area contributed by atoms with Crippen LogP contribution in [0.2, 0.25) is 0 Å². The van der Waals surface area contributed by atoms with E-state index in [1.165, 1.54) is 0 Å². The van der Waals surface area contributed by atoms with Crippen LogP contribution in [0.4, 0.5) is 0 Å². The molecule has 0 radical (unpaired) electrons. The van der Waals surface area contributed by atoms with Crippen LogP contribution in [0.5, 0.6) is 0 Å². The largest absolute Gasteiger partial charge is 0.255 e. The summed E-state index contributed by atoms with van der Waals surface area (Å²) in [6.07, 6.45) is 3.83. The second-order valence-electron chi connectivity index (χ2n) is 3.42. The first-order valence-electron chi connectivity index (χ1n) is 4.80. The Morgan fingerprint density at radius 3 is 2.93 bits per heavy atom. The number of halogens is 1. The van der Waals surface area contributed by atoms with Crippen LogP contribution in [0.25, 0.3) is 5.57 Å². The van der Waals surface area contributed by atoms with Gasteiger partial charge in [0.25, 0.3) is 0 Å². The molecule has 1 aromatic heterocycles. The molecular formula is C12H13BrN2. The minimum absolute atomic E-state index is 0.620. The van der Waals surface area contributed by atoms with Gasteiger partial charge in [-0.3, -0.25) is 4.98 Å². The van der Waals surface area contributed by atoms with Crippen LogP contribution < -0.4 is 0 Å². The SMILES string of the molecule is C=C(C)c1ncc(CCCBr)cc1C#N. The lowest BCUT2D eigenvalue weighted by molar-refractivity contribution is 0.927. The van der Waals surface area contributed by atoms with E-state index in [2.05, 4.69) is 33.6 Å². The molecule has 0 amide bonds. The highest BCUT2D eigenvalue weighted by Crippen LogP contribution is 2.16. The second kappa shape index (κ2) is 5.67. The van der Waals surface area contributed by atoms with Crippen molar-refractivity contribution in [1.82, 2.24) is 4.98 Å². The normalized spacial score (nSPS) is 9.67. The second-order valence-corrected chi connectivity index (χ2v) is 4.22. The van der Waals surface area contributed by atoms with E-state index in [1.807, 2.05) is 19.2 Å². The summed E-state index contributed by atoms with van der Waals surface area (Å²) >= 11 is 3.38. The van der Waals surface area contributed by atoms with Gasteiger partial charge in [0.2, 0.25) is 0 Å². The van der Waals surface area contributed by atoms with Crippen LogP contribution in [0.15, 0.2) is 18.8 Å². The molecule has 1 heterocycles. The van der Waals surface area contributed by atoms with E-state index in [1.54, 1.807) is 0 Å². The number of hydrogen-bond acceptors (Lipinski definition) is 2.